The first-order chi connectivity index (χ1) is 4.88. The molecule has 12 heavy (non-hydrogen) atoms. The van der Waals surface area contributed by atoms with Gasteiger partial charge < -0.3 is 19.8 Å². The van der Waals surface area contributed by atoms with Crippen molar-refractivity contribution in [1.29, 1.82) is 5.26 Å². The number of carbonyl (C=O) groups excluding carboxylic acids is 2. The minimum atomic E-state index is -1.08. The van der Waals surface area contributed by atoms with E-state index in [0.717, 1.165) is 13.8 Å². The van der Waals surface area contributed by atoms with Crippen molar-refractivity contribution in [2.24, 2.45) is 0 Å². The second-order valence-corrected chi connectivity index (χ2v) is 1.21. The van der Waals surface area contributed by atoms with Crippen molar-refractivity contribution in [3.8, 4) is 6.07 Å². The molecule has 0 aromatic rings. The van der Waals surface area contributed by atoms with Gasteiger partial charge in [0, 0.05) is 18.9 Å². The number of aliphatic carboxylic acids is 2. The number of carbonyl (C=O) groups is 2. The van der Waals surface area contributed by atoms with Crippen molar-refractivity contribution in [3.63, 3.8) is 0 Å². The Morgan fingerprint density at radius 1 is 1.17 bits per heavy atom. The van der Waals surface area contributed by atoms with Gasteiger partial charge in [-0.3, -0.25) is 0 Å². The topological polar surface area (TPSA) is 104 Å². The summed E-state index contributed by atoms with van der Waals surface area (Å²) >= 11 is 0. The molecule has 0 amide bonds. The summed E-state index contributed by atoms with van der Waals surface area (Å²) in [4.78, 5) is 17.8. The number of carboxylic acids is 2. The van der Waals surface area contributed by atoms with Crippen LogP contribution in [0.5, 0.6) is 0 Å². The molecule has 0 aliphatic carbocycles. The molecule has 0 saturated carbocycles. The van der Waals surface area contributed by atoms with Crippen molar-refractivity contribution in [3.05, 3.63) is 0 Å². The predicted molar refractivity (Wildman–Crippen MR) is 32.6 cm³/mol. The molecule has 0 bridgehead atoms. The van der Waals surface area contributed by atoms with Crippen molar-refractivity contribution in [1.82, 2.24) is 0 Å². The van der Waals surface area contributed by atoms with Crippen LogP contribution in [0.15, 0.2) is 0 Å². The first kappa shape index (κ1) is 22.4. The molecule has 0 radical (unpaired) electrons. The molecule has 0 aliphatic heterocycles. The second kappa shape index (κ2) is 22.5. The van der Waals surface area contributed by atoms with Crippen LogP contribution in [0.25, 0.3) is 0 Å². The van der Waals surface area contributed by atoms with Gasteiger partial charge in [-0.15, -0.1) is 0 Å². The van der Waals surface area contributed by atoms with Crippen LogP contribution in [0.1, 0.15) is 20.8 Å². The number of hydrogen-bond donors (Lipinski definition) is 0. The summed E-state index contributed by atoms with van der Waals surface area (Å²) in [6.45, 7) is 3.38. The molecule has 0 atom stereocenters. The molecule has 0 saturated heterocycles. The van der Waals surface area contributed by atoms with Gasteiger partial charge in [-0.2, -0.15) is 5.26 Å². The molecule has 0 N–H and O–H groups in total. The summed E-state index contributed by atoms with van der Waals surface area (Å²) in [7, 11) is 0. The smallest absolute Gasteiger partial charge is 0.550 e. The van der Waals surface area contributed by atoms with Crippen molar-refractivity contribution < 1.29 is 36.9 Å². The van der Waals surface area contributed by atoms with Crippen molar-refractivity contribution in [2.75, 3.05) is 0 Å². The summed E-state index contributed by atoms with van der Waals surface area (Å²) in [5.41, 5.74) is 0. The molecule has 0 spiro atoms. The van der Waals surface area contributed by atoms with Gasteiger partial charge in [0.1, 0.15) is 0 Å². The molecule has 6 heteroatoms. The molecule has 0 heterocycles. The maximum Gasteiger partial charge on any atom is 2.00 e. The van der Waals surface area contributed by atoms with E-state index in [9.17, 15) is 0 Å². The van der Waals surface area contributed by atoms with Crippen LogP contribution in [-0.4, -0.2) is 11.9 Å². The quantitative estimate of drug-likeness (QED) is 0.436. The van der Waals surface area contributed by atoms with E-state index in [4.69, 9.17) is 25.1 Å². The summed E-state index contributed by atoms with van der Waals surface area (Å²) in [5.74, 6) is -2.17. The molecule has 0 aliphatic rings. The summed E-state index contributed by atoms with van der Waals surface area (Å²) in [5, 5.41) is 25.1. The van der Waals surface area contributed by atoms with Crippen LogP contribution in [0.4, 0.5) is 0 Å². The average molecular weight is 215 g/mol. The molecular weight excluding hydrogens is 206 g/mol. The number of rotatable bonds is 0. The van der Waals surface area contributed by atoms with E-state index in [1.165, 1.54) is 6.92 Å². The SMILES string of the molecule is CC#N.CC(=O)[O-].CC(=O)[O-].[Fe+2]. The fourth-order valence-corrected chi connectivity index (χ4v) is 0. The zero-order valence-corrected chi connectivity index (χ0v) is 8.04. The van der Waals surface area contributed by atoms with E-state index in [1.807, 2.05) is 0 Å². The van der Waals surface area contributed by atoms with E-state index < -0.39 is 11.9 Å². The Kier molecular flexibility index (Phi) is 42.1. The Morgan fingerprint density at radius 3 is 1.17 bits per heavy atom. The maximum atomic E-state index is 8.89. The third-order valence-corrected chi connectivity index (χ3v) is 0. The van der Waals surface area contributed by atoms with Gasteiger partial charge >= 0.3 is 17.1 Å². The summed E-state index contributed by atoms with van der Waals surface area (Å²) < 4.78 is 0. The Morgan fingerprint density at radius 2 is 1.17 bits per heavy atom. The minimum Gasteiger partial charge on any atom is -0.550 e. The monoisotopic (exact) mass is 215 g/mol. The van der Waals surface area contributed by atoms with Gasteiger partial charge in [-0.25, -0.2) is 0 Å². The van der Waals surface area contributed by atoms with Crippen LogP contribution in [0, 0.1) is 11.3 Å². The Bertz CT molecular complexity index is 132. The first-order valence-electron chi connectivity index (χ1n) is 2.54. The summed E-state index contributed by atoms with van der Waals surface area (Å²) in [6.07, 6.45) is 0. The number of nitriles is 1. The largest absolute Gasteiger partial charge is 2.00 e. The van der Waals surface area contributed by atoms with Crippen LogP contribution in [0.3, 0.4) is 0 Å². The zero-order chi connectivity index (χ0) is 9.86. The Hall–Kier alpha value is -1.05. The van der Waals surface area contributed by atoms with Gasteiger partial charge in [0.15, 0.2) is 0 Å². The van der Waals surface area contributed by atoms with Crippen LogP contribution < -0.4 is 10.2 Å². The van der Waals surface area contributed by atoms with E-state index in [-0.39, 0.29) is 17.1 Å². The molecule has 0 fully saturated rings. The van der Waals surface area contributed by atoms with Gasteiger partial charge in [0.05, 0.1) is 6.07 Å². The fraction of sp³-hybridized carbons (Fsp3) is 0.500. The van der Waals surface area contributed by atoms with Crippen LogP contribution in [0.2, 0.25) is 0 Å². The maximum absolute atomic E-state index is 8.89. The van der Waals surface area contributed by atoms with Gasteiger partial charge in [-0.1, -0.05) is 0 Å². The Balaban J connectivity index is -0.0000000389. The third-order valence-electron chi connectivity index (χ3n) is 0. The average Bonchev–Trinajstić information content (AvgIpc) is 1.60. The number of hydrogen-bond acceptors (Lipinski definition) is 5. The number of carboxylic acid groups (broad SMARTS) is 2. The van der Waals surface area contributed by atoms with E-state index in [1.54, 1.807) is 6.07 Å². The minimum absolute atomic E-state index is 0. The van der Waals surface area contributed by atoms with Gasteiger partial charge in [-0.05, 0) is 13.8 Å². The van der Waals surface area contributed by atoms with Crippen LogP contribution in [-0.2, 0) is 26.7 Å². The predicted octanol–water partition coefficient (Wildman–Crippen LogP) is -1.96. The normalized spacial score (nSPS) is 4.83. The molecule has 70 valence electrons. The molecule has 0 aromatic carbocycles. The van der Waals surface area contributed by atoms with Crippen LogP contribution >= 0.6 is 0 Å². The van der Waals surface area contributed by atoms with E-state index >= 15 is 0 Å². The van der Waals surface area contributed by atoms with E-state index in [0.29, 0.717) is 0 Å². The van der Waals surface area contributed by atoms with Crippen molar-refractivity contribution >= 4 is 11.9 Å². The molecule has 0 unspecified atom stereocenters. The first-order valence-corrected chi connectivity index (χ1v) is 2.54. The molecule has 5 nitrogen and oxygen atoms in total. The molecule has 0 rings (SSSR count). The molecule has 0 aromatic heterocycles. The van der Waals surface area contributed by atoms with Crippen molar-refractivity contribution in [2.45, 2.75) is 20.8 Å². The Labute approximate surface area is 81.5 Å². The zero-order valence-electron chi connectivity index (χ0n) is 6.93. The summed E-state index contributed by atoms with van der Waals surface area (Å²) in [6, 6.07) is 1.75. The molecular formula is C6H9FeNO4. The fourth-order valence-electron chi connectivity index (χ4n) is 0. The third kappa shape index (κ3) is 512. The van der Waals surface area contributed by atoms with Gasteiger partial charge in [0.2, 0.25) is 0 Å². The van der Waals surface area contributed by atoms with E-state index in [2.05, 4.69) is 0 Å². The van der Waals surface area contributed by atoms with Gasteiger partial charge in [0.25, 0.3) is 0 Å². The number of nitrogens with zero attached hydrogens (tertiary/aromatic N) is 1. The standard InChI is InChI=1S/C2H3N.2C2H4O2.Fe/c1-2-3;2*1-2(3)4;/h1H3;2*1H3,(H,3,4);/q;;;+2/p-2. The second-order valence-electron chi connectivity index (χ2n) is 1.21.